The van der Waals surface area contributed by atoms with Gasteiger partial charge in [0.05, 0.1) is 46.1 Å². The summed E-state index contributed by atoms with van der Waals surface area (Å²) < 4.78 is 33.2. The number of ether oxygens (including phenoxy) is 2. The number of nitrogens with zero attached hydrogens (tertiary/aromatic N) is 3. The Morgan fingerprint density at radius 2 is 2.09 bits per heavy atom. The van der Waals surface area contributed by atoms with Gasteiger partial charge in [0.15, 0.2) is 5.82 Å². The number of fused-ring (bicyclic) bond motifs is 2. The lowest BCUT2D eigenvalue weighted by Crippen LogP contribution is -2.20. The molecule has 35 heavy (non-hydrogen) atoms. The summed E-state index contributed by atoms with van der Waals surface area (Å²) >= 11 is 6.26. The molecule has 1 saturated heterocycles. The van der Waals surface area contributed by atoms with Crippen molar-refractivity contribution in [3.63, 3.8) is 0 Å². The number of imidazole rings is 1. The van der Waals surface area contributed by atoms with Gasteiger partial charge in [0, 0.05) is 29.8 Å². The summed E-state index contributed by atoms with van der Waals surface area (Å²) in [5.41, 5.74) is 2.50. The van der Waals surface area contributed by atoms with Gasteiger partial charge in [-0.1, -0.05) is 23.7 Å². The second kappa shape index (κ2) is 8.68. The van der Waals surface area contributed by atoms with Crippen LogP contribution >= 0.6 is 11.6 Å². The molecule has 1 aliphatic rings. The molecule has 5 heterocycles. The summed E-state index contributed by atoms with van der Waals surface area (Å²) in [6.07, 6.45) is 2.37. The molecule has 0 unspecified atom stereocenters. The third-order valence-corrected chi connectivity index (χ3v) is 6.18. The van der Waals surface area contributed by atoms with E-state index >= 15 is 0 Å². The molecule has 0 spiro atoms. The Bertz CT molecular complexity index is 1730. The highest BCUT2D eigenvalue weighted by molar-refractivity contribution is 6.30. The Labute approximate surface area is 208 Å². The van der Waals surface area contributed by atoms with Gasteiger partial charge >= 0.3 is 0 Å². The van der Waals surface area contributed by atoms with Crippen LogP contribution in [0.15, 0.2) is 53.5 Å². The van der Waals surface area contributed by atoms with Gasteiger partial charge in [-0.3, -0.25) is 9.78 Å². The third-order valence-electron chi connectivity index (χ3n) is 5.99. The Morgan fingerprint density at radius 1 is 1.17 bits per heavy atom. The number of methoxy groups -OCH3 is 1. The van der Waals surface area contributed by atoms with E-state index < -0.39 is 7.04 Å². The first-order valence-corrected chi connectivity index (χ1v) is 11.3. The van der Waals surface area contributed by atoms with Gasteiger partial charge in [-0.15, -0.1) is 0 Å². The first kappa shape index (κ1) is 18.4. The van der Waals surface area contributed by atoms with Crippen LogP contribution in [0.1, 0.15) is 10.5 Å². The molecule has 5 aromatic rings. The number of nitrogens with one attached hydrogen (secondary N) is 3. The molecule has 0 saturated carbocycles. The molecule has 0 bridgehead atoms. The minimum absolute atomic E-state index is 0.0826. The van der Waals surface area contributed by atoms with Gasteiger partial charge in [-0.2, -0.15) is 0 Å². The molecule has 4 aromatic heterocycles. The minimum atomic E-state index is -2.64. The highest BCUT2D eigenvalue weighted by Crippen LogP contribution is 2.34. The summed E-state index contributed by atoms with van der Waals surface area (Å²) in [5.74, 6) is 0.969. The maximum atomic E-state index is 13.1. The fourth-order valence-corrected chi connectivity index (χ4v) is 4.52. The summed E-state index contributed by atoms with van der Waals surface area (Å²) in [6, 6.07) is 11.8. The summed E-state index contributed by atoms with van der Waals surface area (Å²) in [7, 11) is -2.64. The van der Waals surface area contributed by atoms with Crippen molar-refractivity contribution in [3.8, 4) is 28.4 Å². The number of rotatable bonds is 5. The lowest BCUT2D eigenvalue weighted by atomic mass is 10.0. The molecule has 0 radical (unpaired) electrons. The number of H-pyrrole nitrogens is 2. The first-order valence-electron chi connectivity index (χ1n) is 12.5. The van der Waals surface area contributed by atoms with E-state index in [-0.39, 0.29) is 28.1 Å². The smallest absolute Gasteiger partial charge is 0.259 e. The van der Waals surface area contributed by atoms with Crippen molar-refractivity contribution < 1.29 is 13.6 Å². The molecule has 0 aliphatic carbocycles. The van der Waals surface area contributed by atoms with Crippen molar-refractivity contribution in [1.82, 2.24) is 24.9 Å². The molecule has 1 fully saturated rings. The predicted octanol–water partition coefficient (Wildman–Crippen LogP) is 4.39. The average molecular weight is 492 g/mol. The quantitative estimate of drug-likeness (QED) is 0.312. The van der Waals surface area contributed by atoms with Crippen LogP contribution in [0.5, 0.6) is 5.75 Å². The number of aromatic nitrogens is 5. The number of halogens is 1. The normalized spacial score (nSPS) is 17.3. The van der Waals surface area contributed by atoms with Crippen molar-refractivity contribution in [2.24, 2.45) is 0 Å². The Balaban J connectivity index is 1.49. The van der Waals surface area contributed by atoms with Crippen LogP contribution in [0.2, 0.25) is 5.15 Å². The average Bonchev–Trinajstić information content (AvgIpc) is 3.52. The van der Waals surface area contributed by atoms with Gasteiger partial charge in [0.25, 0.3) is 5.56 Å². The summed E-state index contributed by atoms with van der Waals surface area (Å²) in [4.78, 5) is 32.8. The van der Waals surface area contributed by atoms with Crippen LogP contribution in [0.4, 0.5) is 5.82 Å². The van der Waals surface area contributed by atoms with Gasteiger partial charge < -0.3 is 24.8 Å². The van der Waals surface area contributed by atoms with Crippen molar-refractivity contribution in [1.29, 1.82) is 0 Å². The van der Waals surface area contributed by atoms with Crippen LogP contribution < -0.4 is 15.6 Å². The van der Waals surface area contributed by atoms with Crippen molar-refractivity contribution >= 4 is 39.4 Å². The summed E-state index contributed by atoms with van der Waals surface area (Å²) in [6.45, 7) is 1.22. The standard InChI is InChI=1S/C25H21ClN6O3/c1-34-19-5-3-2-4-14(19)21-15-10-16(25(33)30-17(15)6-8-27-21)23-29-18-11-20(26)31-24(22(18)32-23)28-13-7-9-35-12-13/h2-6,8,10-11,13H,7,9,12H2,1H3,(H,28,31)(H,29,32)(H,30,33)/t13-/m0/s1/i1D3. The number of aromatic amines is 2. The molecule has 3 N–H and O–H groups in total. The lowest BCUT2D eigenvalue weighted by molar-refractivity contribution is 0.195. The van der Waals surface area contributed by atoms with E-state index in [0.29, 0.717) is 58.0 Å². The van der Waals surface area contributed by atoms with Crippen LogP contribution in [0.3, 0.4) is 0 Å². The van der Waals surface area contributed by atoms with E-state index in [0.717, 1.165) is 6.42 Å². The van der Waals surface area contributed by atoms with E-state index in [1.807, 2.05) is 0 Å². The Morgan fingerprint density at radius 3 is 2.94 bits per heavy atom. The van der Waals surface area contributed by atoms with Gasteiger partial charge in [0.1, 0.15) is 22.2 Å². The summed E-state index contributed by atoms with van der Waals surface area (Å²) in [5, 5.41) is 4.19. The zero-order valence-electron chi connectivity index (χ0n) is 21.3. The van der Waals surface area contributed by atoms with E-state index in [1.165, 1.54) is 0 Å². The van der Waals surface area contributed by atoms with Crippen molar-refractivity contribution in [2.45, 2.75) is 12.5 Å². The number of anilines is 1. The lowest BCUT2D eigenvalue weighted by Gasteiger charge is -2.11. The second-order valence-corrected chi connectivity index (χ2v) is 8.60. The highest BCUT2D eigenvalue weighted by atomic mass is 35.5. The van der Waals surface area contributed by atoms with Crippen LogP contribution in [0, 0.1) is 0 Å². The molecular weight excluding hydrogens is 468 g/mol. The minimum Gasteiger partial charge on any atom is -0.496 e. The SMILES string of the molecule is [2H]C([2H])([2H])Oc1ccccc1-c1nccc2[nH]c(=O)c(-c3nc4c(N[C@H]5CCOC5)nc(Cl)cc4[nH]3)cc12. The van der Waals surface area contributed by atoms with Crippen molar-refractivity contribution in [3.05, 3.63) is 64.2 Å². The van der Waals surface area contributed by atoms with E-state index in [4.69, 9.17) is 25.2 Å². The fraction of sp³-hybridized carbons (Fsp3) is 0.200. The molecule has 176 valence electrons. The van der Waals surface area contributed by atoms with Gasteiger partial charge in [-0.25, -0.2) is 9.97 Å². The predicted molar refractivity (Wildman–Crippen MR) is 135 cm³/mol. The largest absolute Gasteiger partial charge is 0.496 e. The van der Waals surface area contributed by atoms with Gasteiger partial charge in [0.2, 0.25) is 0 Å². The molecular formula is C25H21ClN6O3. The van der Waals surface area contributed by atoms with Crippen LogP contribution in [-0.4, -0.2) is 51.2 Å². The molecule has 1 atom stereocenters. The zero-order chi connectivity index (χ0) is 26.4. The van der Waals surface area contributed by atoms with E-state index in [9.17, 15) is 4.79 Å². The van der Waals surface area contributed by atoms with Gasteiger partial charge in [-0.05, 0) is 30.7 Å². The van der Waals surface area contributed by atoms with E-state index in [1.54, 1.807) is 48.7 Å². The maximum absolute atomic E-state index is 13.1. The molecule has 10 heteroatoms. The third kappa shape index (κ3) is 3.88. The molecule has 6 rings (SSSR count). The highest BCUT2D eigenvalue weighted by Gasteiger charge is 2.21. The Hall–Kier alpha value is -3.95. The Kier molecular flexibility index (Phi) is 4.56. The van der Waals surface area contributed by atoms with Crippen molar-refractivity contribution in [2.75, 3.05) is 25.6 Å². The molecule has 1 aromatic carbocycles. The molecule has 9 nitrogen and oxygen atoms in total. The number of para-hydroxylation sites is 1. The topological polar surface area (TPSA) is 118 Å². The monoisotopic (exact) mass is 491 g/mol. The second-order valence-electron chi connectivity index (χ2n) is 8.21. The molecule has 0 amide bonds. The number of pyridine rings is 3. The fourth-order valence-electron chi connectivity index (χ4n) is 4.32. The van der Waals surface area contributed by atoms with Crippen LogP contribution in [0.25, 0.3) is 44.6 Å². The van der Waals surface area contributed by atoms with Crippen LogP contribution in [-0.2, 0) is 4.74 Å². The molecule has 1 aliphatic heterocycles. The number of hydrogen-bond donors (Lipinski definition) is 3. The number of benzene rings is 1. The maximum Gasteiger partial charge on any atom is 0.259 e. The van der Waals surface area contributed by atoms with E-state index in [2.05, 4.69) is 30.2 Å². The number of hydrogen-bond acceptors (Lipinski definition) is 7. The zero-order valence-corrected chi connectivity index (χ0v) is 19.0. The first-order chi connectivity index (χ1) is 18.2.